The maximum Gasteiger partial charge on any atom is 0.221 e. The van der Waals surface area contributed by atoms with Gasteiger partial charge in [-0.2, -0.15) is 11.8 Å². The molecule has 2 unspecified atom stereocenters. The Morgan fingerprint density at radius 3 is 2.74 bits per heavy atom. The van der Waals surface area contributed by atoms with Gasteiger partial charge in [-0.1, -0.05) is 6.92 Å². The normalized spacial score (nSPS) is 25.9. The lowest BCUT2D eigenvalue weighted by Gasteiger charge is -2.43. The van der Waals surface area contributed by atoms with Crippen LogP contribution in [0.15, 0.2) is 0 Å². The van der Waals surface area contributed by atoms with Crippen molar-refractivity contribution in [1.29, 1.82) is 0 Å². The third-order valence-electron chi connectivity index (χ3n) is 4.66. The van der Waals surface area contributed by atoms with Gasteiger partial charge in [-0.3, -0.25) is 9.69 Å². The summed E-state index contributed by atoms with van der Waals surface area (Å²) in [5, 5.41) is 6.58. The van der Waals surface area contributed by atoms with E-state index < -0.39 is 0 Å². The summed E-state index contributed by atoms with van der Waals surface area (Å²) in [5.74, 6) is 3.18. The number of carbonyl (C=O) groups excluding carboxylic acids is 1. The molecule has 0 aromatic carbocycles. The first-order valence-electron chi connectivity index (χ1n) is 8.30. The maximum absolute atomic E-state index is 12.1. The average Bonchev–Trinajstić information content (AvgIpc) is 2.46. The molecule has 4 nitrogen and oxygen atoms in total. The minimum absolute atomic E-state index is 0. The zero-order valence-corrected chi connectivity index (χ0v) is 17.0. The van der Waals surface area contributed by atoms with Gasteiger partial charge >= 0.3 is 0 Å². The van der Waals surface area contributed by atoms with Gasteiger partial charge in [0.2, 0.25) is 5.91 Å². The summed E-state index contributed by atoms with van der Waals surface area (Å²) >= 11 is 1.94. The van der Waals surface area contributed by atoms with Crippen molar-refractivity contribution in [3.63, 3.8) is 0 Å². The molecule has 2 fully saturated rings. The van der Waals surface area contributed by atoms with Gasteiger partial charge in [-0.25, -0.2) is 0 Å². The highest BCUT2D eigenvalue weighted by molar-refractivity contribution is 7.99. The molecule has 2 atom stereocenters. The SMILES string of the molecule is CC1CCCN(C(C)(C)CNC(=O)CC2CSCCN2)C1.Cl.Cl. The molecule has 23 heavy (non-hydrogen) atoms. The third kappa shape index (κ3) is 7.82. The summed E-state index contributed by atoms with van der Waals surface area (Å²) in [4.78, 5) is 14.7. The van der Waals surface area contributed by atoms with Crippen molar-refractivity contribution < 1.29 is 4.79 Å². The Morgan fingerprint density at radius 2 is 2.13 bits per heavy atom. The summed E-state index contributed by atoms with van der Waals surface area (Å²) in [6, 6.07) is 0.349. The van der Waals surface area contributed by atoms with Crippen molar-refractivity contribution >= 4 is 42.5 Å². The number of thioether (sulfide) groups is 1. The van der Waals surface area contributed by atoms with Crippen LogP contribution in [0.5, 0.6) is 0 Å². The highest BCUT2D eigenvalue weighted by atomic mass is 35.5. The molecule has 0 spiro atoms. The van der Waals surface area contributed by atoms with E-state index in [0.717, 1.165) is 43.6 Å². The van der Waals surface area contributed by atoms with Crippen LogP contribution in [-0.2, 0) is 4.79 Å². The Bertz CT molecular complexity index is 352. The molecule has 2 rings (SSSR count). The highest BCUT2D eigenvalue weighted by Gasteiger charge is 2.30. The van der Waals surface area contributed by atoms with Gasteiger partial charge in [0, 0.05) is 49.1 Å². The summed E-state index contributed by atoms with van der Waals surface area (Å²) in [6.07, 6.45) is 3.23. The fourth-order valence-electron chi connectivity index (χ4n) is 3.21. The van der Waals surface area contributed by atoms with E-state index in [1.54, 1.807) is 0 Å². The third-order valence-corrected chi connectivity index (χ3v) is 5.79. The summed E-state index contributed by atoms with van der Waals surface area (Å²) in [5.41, 5.74) is 0.0546. The van der Waals surface area contributed by atoms with E-state index in [1.165, 1.54) is 12.8 Å². The van der Waals surface area contributed by atoms with Gasteiger partial charge in [0.1, 0.15) is 0 Å². The molecule has 0 bridgehead atoms. The number of hydrogen-bond donors (Lipinski definition) is 2. The number of piperidine rings is 1. The number of amides is 1. The predicted molar refractivity (Wildman–Crippen MR) is 105 cm³/mol. The van der Waals surface area contributed by atoms with E-state index >= 15 is 0 Å². The standard InChI is InChI=1S/C16H31N3OS.2ClH/c1-13-5-4-7-19(10-13)16(2,3)12-18-15(20)9-14-11-21-8-6-17-14;;/h13-14,17H,4-12H2,1-3H3,(H,18,20);2*1H. The Morgan fingerprint density at radius 1 is 1.39 bits per heavy atom. The molecule has 2 N–H and O–H groups in total. The number of nitrogens with one attached hydrogen (secondary N) is 2. The number of hydrogen-bond acceptors (Lipinski definition) is 4. The van der Waals surface area contributed by atoms with Gasteiger partial charge in [0.15, 0.2) is 0 Å². The van der Waals surface area contributed by atoms with E-state index in [4.69, 9.17) is 0 Å². The number of halogens is 2. The topological polar surface area (TPSA) is 44.4 Å². The van der Waals surface area contributed by atoms with Crippen molar-refractivity contribution in [2.45, 2.75) is 51.6 Å². The molecule has 1 amide bonds. The van der Waals surface area contributed by atoms with Gasteiger partial charge < -0.3 is 10.6 Å². The summed E-state index contributed by atoms with van der Waals surface area (Å²) in [7, 11) is 0. The van der Waals surface area contributed by atoms with Gasteiger partial charge in [0.25, 0.3) is 0 Å². The van der Waals surface area contributed by atoms with E-state index in [0.29, 0.717) is 12.5 Å². The quantitative estimate of drug-likeness (QED) is 0.762. The predicted octanol–water partition coefficient (Wildman–Crippen LogP) is 2.55. The Hall–Kier alpha value is 0.320. The molecule has 0 aromatic rings. The molecular formula is C16H33Cl2N3OS. The van der Waals surface area contributed by atoms with Gasteiger partial charge in [-0.15, -0.1) is 24.8 Å². The Kier molecular flexibility index (Phi) is 11.2. The molecule has 0 saturated carbocycles. The van der Waals surface area contributed by atoms with E-state index in [-0.39, 0.29) is 36.3 Å². The molecule has 2 aliphatic heterocycles. The van der Waals surface area contributed by atoms with Crippen LogP contribution in [0.4, 0.5) is 0 Å². The van der Waals surface area contributed by atoms with Gasteiger partial charge in [-0.05, 0) is 39.2 Å². The number of rotatable bonds is 5. The van der Waals surface area contributed by atoms with Crippen LogP contribution in [0.3, 0.4) is 0 Å². The second-order valence-electron chi connectivity index (χ2n) is 7.21. The zero-order valence-electron chi connectivity index (χ0n) is 14.6. The highest BCUT2D eigenvalue weighted by Crippen LogP contribution is 2.23. The average molecular weight is 386 g/mol. The van der Waals surface area contributed by atoms with E-state index in [2.05, 4.69) is 36.3 Å². The lowest BCUT2D eigenvalue weighted by molar-refractivity contribution is -0.122. The molecule has 0 radical (unpaired) electrons. The number of likely N-dealkylation sites (tertiary alicyclic amines) is 1. The van der Waals surface area contributed by atoms with Crippen LogP contribution < -0.4 is 10.6 Å². The lowest BCUT2D eigenvalue weighted by atomic mass is 9.93. The molecule has 138 valence electrons. The fourth-order valence-corrected chi connectivity index (χ4v) is 4.16. The summed E-state index contributed by atoms with van der Waals surface area (Å²) in [6.45, 7) is 10.9. The molecule has 0 aliphatic carbocycles. The lowest BCUT2D eigenvalue weighted by Crippen LogP contribution is -2.55. The van der Waals surface area contributed by atoms with Crippen LogP contribution in [-0.4, -0.2) is 60.1 Å². The number of carbonyl (C=O) groups is 1. The first kappa shape index (κ1) is 23.3. The molecular weight excluding hydrogens is 353 g/mol. The smallest absolute Gasteiger partial charge is 0.221 e. The Balaban J connectivity index is 0.00000242. The molecule has 7 heteroatoms. The second-order valence-corrected chi connectivity index (χ2v) is 8.36. The van der Waals surface area contributed by atoms with Crippen LogP contribution >= 0.6 is 36.6 Å². The fraction of sp³-hybridized carbons (Fsp3) is 0.938. The van der Waals surface area contributed by atoms with Crippen molar-refractivity contribution in [3.8, 4) is 0 Å². The largest absolute Gasteiger partial charge is 0.354 e. The molecule has 2 heterocycles. The van der Waals surface area contributed by atoms with Gasteiger partial charge in [0.05, 0.1) is 0 Å². The van der Waals surface area contributed by atoms with E-state index in [1.807, 2.05) is 11.8 Å². The van der Waals surface area contributed by atoms with Crippen LogP contribution in [0.25, 0.3) is 0 Å². The maximum atomic E-state index is 12.1. The second kappa shape index (κ2) is 11.0. The minimum Gasteiger partial charge on any atom is -0.354 e. The van der Waals surface area contributed by atoms with Crippen molar-refractivity contribution in [3.05, 3.63) is 0 Å². The van der Waals surface area contributed by atoms with Crippen LogP contribution in [0, 0.1) is 5.92 Å². The Labute approximate surface area is 158 Å². The van der Waals surface area contributed by atoms with Crippen molar-refractivity contribution in [2.75, 3.05) is 37.7 Å². The molecule has 2 saturated heterocycles. The molecule has 0 aromatic heterocycles. The monoisotopic (exact) mass is 385 g/mol. The first-order valence-corrected chi connectivity index (χ1v) is 9.46. The van der Waals surface area contributed by atoms with Crippen LogP contribution in [0.1, 0.15) is 40.0 Å². The van der Waals surface area contributed by atoms with E-state index in [9.17, 15) is 4.79 Å². The zero-order chi connectivity index (χ0) is 15.3. The minimum atomic E-state index is 0. The van der Waals surface area contributed by atoms with Crippen LogP contribution in [0.2, 0.25) is 0 Å². The van der Waals surface area contributed by atoms with Crippen molar-refractivity contribution in [2.24, 2.45) is 5.92 Å². The summed E-state index contributed by atoms with van der Waals surface area (Å²) < 4.78 is 0. The molecule has 2 aliphatic rings. The van der Waals surface area contributed by atoms with Crippen molar-refractivity contribution in [1.82, 2.24) is 15.5 Å². The first-order chi connectivity index (χ1) is 9.97. The number of nitrogens with zero attached hydrogens (tertiary/aromatic N) is 1.